The van der Waals surface area contributed by atoms with Gasteiger partial charge in [0.15, 0.2) is 5.70 Å². The molecule has 1 aliphatic rings. The van der Waals surface area contributed by atoms with Crippen molar-refractivity contribution >= 4 is 18.0 Å². The van der Waals surface area contributed by atoms with Crippen LogP contribution < -0.4 is 16.1 Å². The molecule has 2 rings (SSSR count). The molecule has 0 aromatic heterocycles. The maximum absolute atomic E-state index is 13.2. The monoisotopic (exact) mass is 476 g/mol. The molecular formula is C24H36N4O6. The summed E-state index contributed by atoms with van der Waals surface area (Å²) in [5, 5.41) is 6.88. The first-order chi connectivity index (χ1) is 16.2. The highest BCUT2D eigenvalue weighted by atomic mass is 16.7. The molecule has 1 heterocycles. The number of hydrogen-bond acceptors (Lipinski definition) is 8. The van der Waals surface area contributed by atoms with Crippen molar-refractivity contribution in [1.29, 1.82) is 0 Å². The van der Waals surface area contributed by atoms with Gasteiger partial charge in [0.1, 0.15) is 25.1 Å². The lowest BCUT2D eigenvalue weighted by atomic mass is 10.0. The molecule has 2 atom stereocenters. The molecule has 34 heavy (non-hydrogen) atoms. The molecule has 0 saturated heterocycles. The molecule has 0 bridgehead atoms. The van der Waals surface area contributed by atoms with Crippen LogP contribution in [0.1, 0.15) is 53.0 Å². The maximum Gasteiger partial charge on any atom is 0.408 e. The Morgan fingerprint density at radius 3 is 2.29 bits per heavy atom. The highest BCUT2D eigenvalue weighted by Gasteiger charge is 2.32. The van der Waals surface area contributed by atoms with Crippen molar-refractivity contribution in [3.8, 4) is 0 Å². The highest BCUT2D eigenvalue weighted by molar-refractivity contribution is 5.87. The predicted molar refractivity (Wildman–Crippen MR) is 125 cm³/mol. The molecule has 10 nitrogen and oxygen atoms in total. The molecule has 0 saturated carbocycles. The van der Waals surface area contributed by atoms with Gasteiger partial charge in [-0.25, -0.2) is 9.59 Å². The highest BCUT2D eigenvalue weighted by Crippen LogP contribution is 2.16. The van der Waals surface area contributed by atoms with Crippen LogP contribution >= 0.6 is 0 Å². The van der Waals surface area contributed by atoms with Gasteiger partial charge in [0.25, 0.3) is 0 Å². The van der Waals surface area contributed by atoms with Crippen LogP contribution in [0.2, 0.25) is 0 Å². The van der Waals surface area contributed by atoms with Gasteiger partial charge in [-0.15, -0.1) is 0 Å². The Labute approximate surface area is 200 Å². The molecule has 0 spiro atoms. The lowest BCUT2D eigenvalue weighted by Gasteiger charge is -2.30. The van der Waals surface area contributed by atoms with E-state index < -0.39 is 24.3 Å². The van der Waals surface area contributed by atoms with Crippen molar-refractivity contribution in [3.63, 3.8) is 0 Å². The van der Waals surface area contributed by atoms with Crippen LogP contribution in [0.5, 0.6) is 0 Å². The van der Waals surface area contributed by atoms with Gasteiger partial charge in [0, 0.05) is 0 Å². The number of benzene rings is 1. The molecule has 2 unspecified atom stereocenters. The van der Waals surface area contributed by atoms with E-state index in [4.69, 9.17) is 14.3 Å². The zero-order valence-electron chi connectivity index (χ0n) is 20.5. The van der Waals surface area contributed by atoms with E-state index in [1.165, 1.54) is 11.4 Å². The Balaban J connectivity index is 2.00. The number of ether oxygens (including phenoxy) is 2. The molecule has 10 heteroatoms. The summed E-state index contributed by atoms with van der Waals surface area (Å²) in [6.45, 7) is 9.96. The van der Waals surface area contributed by atoms with Gasteiger partial charge in [0.05, 0.1) is 6.61 Å². The third kappa shape index (κ3) is 8.93. The van der Waals surface area contributed by atoms with E-state index in [0.717, 1.165) is 5.56 Å². The number of alkyl carbamates (subject to hydrolysis) is 1. The van der Waals surface area contributed by atoms with Crippen LogP contribution in [0.4, 0.5) is 4.79 Å². The SMILES string of the molecule is CCOC(=O)C1=CON(C(CC(C)C)NC(=O)C(CC(C)C)NC(=O)OCc2ccccc2)N1. The summed E-state index contributed by atoms with van der Waals surface area (Å²) < 4.78 is 10.3. The summed E-state index contributed by atoms with van der Waals surface area (Å²) in [4.78, 5) is 43.0. The van der Waals surface area contributed by atoms with Crippen molar-refractivity contribution in [2.75, 3.05) is 6.61 Å². The van der Waals surface area contributed by atoms with Crippen molar-refractivity contribution in [3.05, 3.63) is 47.9 Å². The van der Waals surface area contributed by atoms with E-state index in [1.807, 2.05) is 58.0 Å². The number of nitrogens with zero attached hydrogens (tertiary/aromatic N) is 1. The van der Waals surface area contributed by atoms with E-state index in [-0.39, 0.29) is 36.7 Å². The summed E-state index contributed by atoms with van der Waals surface area (Å²) in [5.74, 6) is -0.590. The minimum absolute atomic E-state index is 0.104. The van der Waals surface area contributed by atoms with Crippen LogP contribution in [0.3, 0.4) is 0 Å². The predicted octanol–water partition coefficient (Wildman–Crippen LogP) is 2.97. The lowest BCUT2D eigenvalue weighted by Crippen LogP contribution is -2.57. The second-order valence-electron chi connectivity index (χ2n) is 8.84. The van der Waals surface area contributed by atoms with E-state index in [1.54, 1.807) is 6.92 Å². The fourth-order valence-electron chi connectivity index (χ4n) is 3.27. The number of hydrogen-bond donors (Lipinski definition) is 3. The molecule has 2 amide bonds. The fraction of sp³-hybridized carbons (Fsp3) is 0.542. The topological polar surface area (TPSA) is 118 Å². The first-order valence-corrected chi connectivity index (χ1v) is 11.6. The Hall–Kier alpha value is -3.27. The molecule has 0 fully saturated rings. The van der Waals surface area contributed by atoms with Gasteiger partial charge in [-0.3, -0.25) is 10.2 Å². The number of amides is 2. The molecule has 1 aliphatic heterocycles. The van der Waals surface area contributed by atoms with Crippen LogP contribution in [-0.2, 0) is 30.5 Å². The normalized spacial score (nSPS) is 15.1. The summed E-state index contributed by atoms with van der Waals surface area (Å²) in [7, 11) is 0. The summed E-state index contributed by atoms with van der Waals surface area (Å²) in [6.07, 6.45) is 0.901. The zero-order valence-corrected chi connectivity index (χ0v) is 20.5. The van der Waals surface area contributed by atoms with Crippen molar-refractivity contribution in [1.82, 2.24) is 21.2 Å². The van der Waals surface area contributed by atoms with E-state index >= 15 is 0 Å². The van der Waals surface area contributed by atoms with Crippen molar-refractivity contribution < 1.29 is 28.7 Å². The molecule has 0 radical (unpaired) electrons. The smallest absolute Gasteiger partial charge is 0.408 e. The summed E-state index contributed by atoms with van der Waals surface area (Å²) in [5.41, 5.74) is 3.80. The standard InChI is InChI=1S/C24H36N4O6/c1-6-32-23(30)20-15-34-28(27-20)21(13-17(4)5)26-22(29)19(12-16(2)3)25-24(31)33-14-18-10-8-7-9-11-18/h7-11,15-17,19,21,27H,6,12-14H2,1-5H3,(H,25,31)(H,26,29). The molecular weight excluding hydrogens is 440 g/mol. The average Bonchev–Trinajstić information content (AvgIpc) is 3.27. The van der Waals surface area contributed by atoms with Crippen LogP contribution in [0.25, 0.3) is 0 Å². The van der Waals surface area contributed by atoms with Gasteiger partial charge < -0.3 is 24.9 Å². The second-order valence-corrected chi connectivity index (χ2v) is 8.84. The molecule has 188 valence electrons. The van der Waals surface area contributed by atoms with E-state index in [9.17, 15) is 14.4 Å². The summed E-state index contributed by atoms with van der Waals surface area (Å²) in [6, 6.07) is 8.49. The van der Waals surface area contributed by atoms with Crippen LogP contribution in [0.15, 0.2) is 42.3 Å². The number of esters is 1. The van der Waals surface area contributed by atoms with Crippen LogP contribution in [-0.4, -0.2) is 42.0 Å². The quantitative estimate of drug-likeness (QED) is 0.394. The van der Waals surface area contributed by atoms with E-state index in [0.29, 0.717) is 12.8 Å². The summed E-state index contributed by atoms with van der Waals surface area (Å²) >= 11 is 0. The Kier molecular flexibility index (Phi) is 10.7. The molecule has 1 aromatic carbocycles. The van der Waals surface area contributed by atoms with Gasteiger partial charge in [-0.05, 0) is 42.3 Å². The minimum Gasteiger partial charge on any atom is -0.461 e. The third-order valence-electron chi connectivity index (χ3n) is 4.83. The first kappa shape index (κ1) is 27.0. The lowest BCUT2D eigenvalue weighted by molar-refractivity contribution is -0.168. The Morgan fingerprint density at radius 2 is 1.68 bits per heavy atom. The molecule has 1 aromatic rings. The van der Waals surface area contributed by atoms with Crippen LogP contribution in [0, 0.1) is 11.8 Å². The zero-order chi connectivity index (χ0) is 25.1. The number of nitrogens with one attached hydrogen (secondary N) is 3. The number of rotatable bonds is 12. The molecule has 0 aliphatic carbocycles. The van der Waals surface area contributed by atoms with Gasteiger partial charge in [-0.1, -0.05) is 58.0 Å². The largest absolute Gasteiger partial charge is 0.461 e. The Morgan fingerprint density at radius 1 is 1.00 bits per heavy atom. The van der Waals surface area contributed by atoms with Gasteiger partial charge in [-0.2, -0.15) is 0 Å². The fourth-order valence-corrected chi connectivity index (χ4v) is 3.27. The third-order valence-corrected chi connectivity index (χ3v) is 4.83. The second kappa shape index (κ2) is 13.4. The number of hydroxylamine groups is 1. The Bertz CT molecular complexity index is 843. The maximum atomic E-state index is 13.2. The molecule has 3 N–H and O–H groups in total. The van der Waals surface area contributed by atoms with Crippen molar-refractivity contribution in [2.45, 2.75) is 66.3 Å². The number of carbonyl (C=O) groups is 3. The van der Waals surface area contributed by atoms with Gasteiger partial charge >= 0.3 is 12.1 Å². The van der Waals surface area contributed by atoms with E-state index in [2.05, 4.69) is 16.1 Å². The average molecular weight is 477 g/mol. The minimum atomic E-state index is -0.807. The number of carbonyl (C=O) groups excluding carboxylic acids is 3. The first-order valence-electron chi connectivity index (χ1n) is 11.6. The van der Waals surface area contributed by atoms with Gasteiger partial charge in [0.2, 0.25) is 5.91 Å². The number of hydrazine groups is 1. The van der Waals surface area contributed by atoms with Crippen molar-refractivity contribution in [2.24, 2.45) is 11.8 Å².